The number of aryl methyl sites for hydroxylation is 2. The largest absolute Gasteiger partial charge is 0.376 e. The molecular weight excluding hydrogens is 340 g/mol. The van der Waals surface area contributed by atoms with Crippen molar-refractivity contribution in [2.75, 3.05) is 18.5 Å². The highest BCUT2D eigenvalue weighted by Crippen LogP contribution is 2.28. The lowest BCUT2D eigenvalue weighted by Crippen LogP contribution is -2.32. The Morgan fingerprint density at radius 1 is 1.22 bits per heavy atom. The molecule has 0 radical (unpaired) electrons. The standard InChI is InChI=1S/C22H24N2O3/c1-14-9-15(2)11-17(10-14)23-21(25)19-7-3-5-16-12-24(22(26)20(16)19)13-18-6-4-8-27-18/h3,5,7,9-11,18H,4,6,8,12-13H2,1-2H3,(H,23,25). The summed E-state index contributed by atoms with van der Waals surface area (Å²) in [5.74, 6) is -0.323. The van der Waals surface area contributed by atoms with E-state index in [1.165, 1.54) is 0 Å². The van der Waals surface area contributed by atoms with Gasteiger partial charge in [-0.25, -0.2) is 0 Å². The van der Waals surface area contributed by atoms with E-state index in [9.17, 15) is 9.59 Å². The van der Waals surface area contributed by atoms with Crippen molar-refractivity contribution in [2.45, 2.75) is 39.3 Å². The second kappa shape index (κ2) is 7.16. The monoisotopic (exact) mass is 364 g/mol. The third-order valence-electron chi connectivity index (χ3n) is 5.19. The molecule has 0 spiro atoms. The molecule has 1 atom stereocenters. The van der Waals surface area contributed by atoms with Crippen molar-refractivity contribution in [2.24, 2.45) is 0 Å². The fraction of sp³-hybridized carbons (Fsp3) is 0.364. The predicted molar refractivity (Wildman–Crippen MR) is 104 cm³/mol. The van der Waals surface area contributed by atoms with Gasteiger partial charge in [0.15, 0.2) is 0 Å². The zero-order valence-corrected chi connectivity index (χ0v) is 15.7. The van der Waals surface area contributed by atoms with E-state index in [-0.39, 0.29) is 17.9 Å². The third kappa shape index (κ3) is 3.60. The lowest BCUT2D eigenvalue weighted by atomic mass is 10.0. The zero-order valence-electron chi connectivity index (χ0n) is 15.7. The molecule has 2 heterocycles. The number of rotatable bonds is 4. The lowest BCUT2D eigenvalue weighted by Gasteiger charge is -2.19. The van der Waals surface area contributed by atoms with Crippen LogP contribution in [0, 0.1) is 13.8 Å². The summed E-state index contributed by atoms with van der Waals surface area (Å²) in [6.07, 6.45) is 2.14. The second-order valence-corrected chi connectivity index (χ2v) is 7.49. The molecule has 27 heavy (non-hydrogen) atoms. The van der Waals surface area contributed by atoms with Gasteiger partial charge in [-0.2, -0.15) is 0 Å². The number of benzene rings is 2. The van der Waals surface area contributed by atoms with Crippen LogP contribution in [0.2, 0.25) is 0 Å². The first-order valence-electron chi connectivity index (χ1n) is 9.43. The summed E-state index contributed by atoms with van der Waals surface area (Å²) in [6.45, 7) is 5.89. The second-order valence-electron chi connectivity index (χ2n) is 7.49. The number of carbonyl (C=O) groups excluding carboxylic acids is 2. The number of hydrogen-bond donors (Lipinski definition) is 1. The maximum absolute atomic E-state index is 13.0. The van der Waals surface area contributed by atoms with Crippen molar-refractivity contribution < 1.29 is 14.3 Å². The molecule has 1 fully saturated rings. The summed E-state index contributed by atoms with van der Waals surface area (Å²) in [5, 5.41) is 2.94. The quantitative estimate of drug-likeness (QED) is 0.900. The highest BCUT2D eigenvalue weighted by Gasteiger charge is 2.33. The van der Waals surface area contributed by atoms with Crippen LogP contribution in [0.15, 0.2) is 36.4 Å². The highest BCUT2D eigenvalue weighted by atomic mass is 16.5. The maximum atomic E-state index is 13.0. The van der Waals surface area contributed by atoms with E-state index in [0.29, 0.717) is 24.2 Å². The minimum Gasteiger partial charge on any atom is -0.376 e. The minimum absolute atomic E-state index is 0.0772. The number of ether oxygens (including phenoxy) is 1. The molecule has 5 nitrogen and oxygen atoms in total. The van der Waals surface area contributed by atoms with E-state index in [4.69, 9.17) is 4.74 Å². The zero-order chi connectivity index (χ0) is 19.0. The molecule has 0 bridgehead atoms. The van der Waals surface area contributed by atoms with Crippen LogP contribution in [-0.4, -0.2) is 36.0 Å². The van der Waals surface area contributed by atoms with E-state index in [1.54, 1.807) is 11.0 Å². The molecule has 1 saturated heterocycles. The Hall–Kier alpha value is -2.66. The van der Waals surface area contributed by atoms with Gasteiger partial charge in [-0.3, -0.25) is 9.59 Å². The number of hydrogen-bond acceptors (Lipinski definition) is 3. The summed E-state index contributed by atoms with van der Waals surface area (Å²) < 4.78 is 5.67. The van der Waals surface area contributed by atoms with Gasteiger partial charge in [-0.05, 0) is 61.6 Å². The van der Waals surface area contributed by atoms with Crippen molar-refractivity contribution in [1.29, 1.82) is 0 Å². The van der Waals surface area contributed by atoms with E-state index in [2.05, 4.69) is 11.4 Å². The molecule has 4 rings (SSSR count). The Kier molecular flexibility index (Phi) is 4.70. The van der Waals surface area contributed by atoms with Crippen molar-refractivity contribution in [1.82, 2.24) is 4.90 Å². The van der Waals surface area contributed by atoms with E-state index < -0.39 is 0 Å². The summed E-state index contributed by atoms with van der Waals surface area (Å²) in [5.41, 5.74) is 4.79. The third-order valence-corrected chi connectivity index (χ3v) is 5.19. The van der Waals surface area contributed by atoms with Crippen LogP contribution in [0.5, 0.6) is 0 Å². The van der Waals surface area contributed by atoms with Gasteiger partial charge >= 0.3 is 0 Å². The Morgan fingerprint density at radius 3 is 2.70 bits per heavy atom. The van der Waals surface area contributed by atoms with Gasteiger partial charge in [-0.15, -0.1) is 0 Å². The van der Waals surface area contributed by atoms with Crippen LogP contribution in [0.3, 0.4) is 0 Å². The molecule has 0 saturated carbocycles. The first-order valence-corrected chi connectivity index (χ1v) is 9.43. The van der Waals surface area contributed by atoms with Gasteiger partial charge in [0.25, 0.3) is 11.8 Å². The first kappa shape index (κ1) is 17.7. The molecule has 1 unspecified atom stereocenters. The van der Waals surface area contributed by atoms with Gasteiger partial charge < -0.3 is 15.0 Å². The van der Waals surface area contributed by atoms with E-state index in [0.717, 1.165) is 41.8 Å². The minimum atomic E-state index is -0.246. The van der Waals surface area contributed by atoms with Crippen LogP contribution in [0.1, 0.15) is 50.2 Å². The van der Waals surface area contributed by atoms with Gasteiger partial charge in [0.2, 0.25) is 0 Å². The smallest absolute Gasteiger partial charge is 0.256 e. The molecule has 2 aromatic carbocycles. The Morgan fingerprint density at radius 2 is 2.00 bits per heavy atom. The Balaban J connectivity index is 1.56. The average molecular weight is 364 g/mol. The number of nitrogens with one attached hydrogen (secondary N) is 1. The molecule has 0 aliphatic carbocycles. The topological polar surface area (TPSA) is 58.6 Å². The number of carbonyl (C=O) groups is 2. The predicted octanol–water partition coefficient (Wildman–Crippen LogP) is 3.69. The molecule has 0 aromatic heterocycles. The van der Waals surface area contributed by atoms with Crippen LogP contribution < -0.4 is 5.32 Å². The van der Waals surface area contributed by atoms with Crippen molar-refractivity contribution in [3.05, 3.63) is 64.2 Å². The summed E-state index contributed by atoms with van der Waals surface area (Å²) in [4.78, 5) is 27.6. The number of anilines is 1. The Bertz CT molecular complexity index is 880. The molecule has 2 amide bonds. The van der Waals surface area contributed by atoms with Crippen LogP contribution in [0.25, 0.3) is 0 Å². The molecule has 140 valence electrons. The first-order chi connectivity index (χ1) is 13.0. The number of amides is 2. The number of nitrogens with zero attached hydrogens (tertiary/aromatic N) is 1. The highest BCUT2D eigenvalue weighted by molar-refractivity contribution is 6.13. The molecule has 2 aliphatic heterocycles. The summed E-state index contributed by atoms with van der Waals surface area (Å²) in [7, 11) is 0. The summed E-state index contributed by atoms with van der Waals surface area (Å²) in [6, 6.07) is 11.4. The molecule has 1 N–H and O–H groups in total. The molecule has 2 aromatic rings. The van der Waals surface area contributed by atoms with Crippen molar-refractivity contribution in [3.8, 4) is 0 Å². The molecule has 2 aliphatic rings. The SMILES string of the molecule is Cc1cc(C)cc(NC(=O)c2cccc3c2C(=O)N(CC2CCCO2)C3)c1. The number of fused-ring (bicyclic) bond motifs is 1. The van der Waals surface area contributed by atoms with Crippen molar-refractivity contribution >= 4 is 17.5 Å². The summed E-state index contributed by atoms with van der Waals surface area (Å²) >= 11 is 0. The van der Waals surface area contributed by atoms with Gasteiger partial charge in [0.05, 0.1) is 17.2 Å². The maximum Gasteiger partial charge on any atom is 0.256 e. The fourth-order valence-corrected chi connectivity index (χ4v) is 4.04. The normalized spacial score (nSPS) is 18.7. The van der Waals surface area contributed by atoms with Crippen LogP contribution in [0.4, 0.5) is 5.69 Å². The fourth-order valence-electron chi connectivity index (χ4n) is 4.04. The van der Waals surface area contributed by atoms with E-state index in [1.807, 2.05) is 38.1 Å². The average Bonchev–Trinajstić information content (AvgIpc) is 3.23. The van der Waals surface area contributed by atoms with Crippen LogP contribution in [-0.2, 0) is 11.3 Å². The van der Waals surface area contributed by atoms with Gasteiger partial charge in [0, 0.05) is 25.4 Å². The van der Waals surface area contributed by atoms with Crippen LogP contribution >= 0.6 is 0 Å². The molecule has 5 heteroatoms. The van der Waals surface area contributed by atoms with Crippen molar-refractivity contribution in [3.63, 3.8) is 0 Å². The molecular formula is C22H24N2O3. The van der Waals surface area contributed by atoms with E-state index >= 15 is 0 Å². The van der Waals surface area contributed by atoms with Gasteiger partial charge in [-0.1, -0.05) is 18.2 Å². The Labute approximate surface area is 159 Å². The van der Waals surface area contributed by atoms with Gasteiger partial charge in [0.1, 0.15) is 0 Å². The lowest BCUT2D eigenvalue weighted by molar-refractivity contribution is 0.0544.